The molecule has 0 heterocycles. The van der Waals surface area contributed by atoms with Crippen molar-refractivity contribution in [2.24, 2.45) is 0 Å². The monoisotopic (exact) mass is 319 g/mol. The maximum Gasteiger partial charge on any atom is 0.318 e. The van der Waals surface area contributed by atoms with Crippen molar-refractivity contribution in [3.63, 3.8) is 0 Å². The fourth-order valence-corrected chi connectivity index (χ4v) is 4.00. The van der Waals surface area contributed by atoms with E-state index >= 15 is 0 Å². The molecule has 0 aliphatic heterocycles. The van der Waals surface area contributed by atoms with Gasteiger partial charge in [-0.1, -0.05) is 17.7 Å². The quantitative estimate of drug-likeness (QED) is 0.925. The predicted octanol–water partition coefficient (Wildman–Crippen LogP) is 2.52. The lowest BCUT2D eigenvalue weighted by Gasteiger charge is -2.33. The van der Waals surface area contributed by atoms with Crippen molar-refractivity contribution < 1.29 is 18.3 Å². The summed E-state index contributed by atoms with van der Waals surface area (Å²) in [5.41, 5.74) is -0.333. The van der Waals surface area contributed by atoms with E-state index in [1.54, 1.807) is 39.8 Å². The number of benzene rings is 1. The van der Waals surface area contributed by atoms with E-state index in [1.807, 2.05) is 0 Å². The van der Waals surface area contributed by atoms with Crippen LogP contribution in [0.1, 0.15) is 26.3 Å². The van der Waals surface area contributed by atoms with E-state index in [0.29, 0.717) is 10.6 Å². The summed E-state index contributed by atoms with van der Waals surface area (Å²) in [6, 6.07) is 4.53. The highest BCUT2D eigenvalue weighted by Crippen LogP contribution is 2.28. The number of carboxylic acid groups (broad SMARTS) is 1. The Morgan fingerprint density at radius 1 is 1.35 bits per heavy atom. The molecule has 5 nitrogen and oxygen atoms in total. The fraction of sp³-hybridized carbons (Fsp3) is 0.462. The van der Waals surface area contributed by atoms with E-state index in [-0.39, 0.29) is 4.90 Å². The molecule has 0 radical (unpaired) electrons. The van der Waals surface area contributed by atoms with Gasteiger partial charge < -0.3 is 5.11 Å². The van der Waals surface area contributed by atoms with Gasteiger partial charge in [-0.05, 0) is 45.4 Å². The highest BCUT2D eigenvalue weighted by atomic mass is 35.5. The van der Waals surface area contributed by atoms with Crippen molar-refractivity contribution in [3.05, 3.63) is 28.8 Å². The van der Waals surface area contributed by atoms with Gasteiger partial charge in [0.05, 0.1) is 4.90 Å². The summed E-state index contributed by atoms with van der Waals surface area (Å²) in [5.74, 6) is -1.21. The number of halogens is 1. The average molecular weight is 320 g/mol. The van der Waals surface area contributed by atoms with E-state index in [9.17, 15) is 13.2 Å². The normalized spacial score (nSPS) is 12.7. The zero-order valence-electron chi connectivity index (χ0n) is 11.8. The van der Waals surface area contributed by atoms with Crippen LogP contribution in [0.5, 0.6) is 0 Å². The summed E-state index contributed by atoms with van der Waals surface area (Å²) in [7, 11) is -3.94. The number of aryl methyl sites for hydroxylation is 1. The SMILES string of the molecule is Cc1ccc(Cl)cc1S(=O)(=O)N(CC(=O)O)C(C)(C)C. The Kier molecular flexibility index (Phi) is 4.84. The summed E-state index contributed by atoms with van der Waals surface area (Å²) >= 11 is 5.85. The van der Waals surface area contributed by atoms with Crippen LogP contribution in [0, 0.1) is 6.92 Å². The van der Waals surface area contributed by atoms with Gasteiger partial charge in [-0.25, -0.2) is 8.42 Å². The number of hydrogen-bond donors (Lipinski definition) is 1. The molecule has 0 spiro atoms. The molecule has 0 atom stereocenters. The number of carboxylic acids is 1. The summed E-state index contributed by atoms with van der Waals surface area (Å²) < 4.78 is 26.3. The number of carbonyl (C=O) groups is 1. The van der Waals surface area contributed by atoms with Crippen molar-refractivity contribution in [1.29, 1.82) is 0 Å². The summed E-state index contributed by atoms with van der Waals surface area (Å²) in [6.07, 6.45) is 0. The highest BCUT2D eigenvalue weighted by molar-refractivity contribution is 7.89. The van der Waals surface area contributed by atoms with Crippen LogP contribution in [-0.4, -0.2) is 35.9 Å². The molecule has 1 rings (SSSR count). The first-order chi connectivity index (χ1) is 8.96. The van der Waals surface area contributed by atoms with E-state index in [4.69, 9.17) is 16.7 Å². The minimum absolute atomic E-state index is 0.0289. The number of hydrogen-bond acceptors (Lipinski definition) is 3. The number of nitrogens with zero attached hydrogens (tertiary/aromatic N) is 1. The third-order valence-corrected chi connectivity index (χ3v) is 5.23. The van der Waals surface area contributed by atoms with Gasteiger partial charge in [0.25, 0.3) is 0 Å². The van der Waals surface area contributed by atoms with Crippen molar-refractivity contribution >= 4 is 27.6 Å². The predicted molar refractivity (Wildman–Crippen MR) is 77.5 cm³/mol. The van der Waals surface area contributed by atoms with E-state index in [2.05, 4.69) is 0 Å². The Hall–Kier alpha value is -1.11. The standard InChI is InChI=1S/C13H18ClNO4S/c1-9-5-6-10(14)7-11(9)20(18,19)15(8-12(16)17)13(2,3)4/h5-7H,8H2,1-4H3,(H,16,17). The Morgan fingerprint density at radius 2 is 1.90 bits per heavy atom. The molecule has 0 aliphatic carbocycles. The molecule has 7 heteroatoms. The second-order valence-corrected chi connectivity index (χ2v) is 7.75. The first kappa shape index (κ1) is 16.9. The second-order valence-electron chi connectivity index (χ2n) is 5.49. The first-order valence-corrected chi connectivity index (χ1v) is 7.79. The van der Waals surface area contributed by atoms with Crippen molar-refractivity contribution in [3.8, 4) is 0 Å². The maximum atomic E-state index is 12.7. The minimum atomic E-state index is -3.94. The molecular formula is C13H18ClNO4S. The smallest absolute Gasteiger partial charge is 0.318 e. The average Bonchev–Trinajstić information content (AvgIpc) is 2.27. The van der Waals surface area contributed by atoms with Crippen LogP contribution in [0.4, 0.5) is 0 Å². The van der Waals surface area contributed by atoms with Crippen LogP contribution in [0.3, 0.4) is 0 Å². The van der Waals surface area contributed by atoms with Gasteiger partial charge in [0.2, 0.25) is 10.0 Å². The molecule has 1 N–H and O–H groups in total. The van der Waals surface area contributed by atoms with Gasteiger partial charge in [0.15, 0.2) is 0 Å². The van der Waals surface area contributed by atoms with Crippen LogP contribution in [-0.2, 0) is 14.8 Å². The summed E-state index contributed by atoms with van der Waals surface area (Å²) in [4.78, 5) is 11.0. The van der Waals surface area contributed by atoms with Crippen molar-refractivity contribution in [1.82, 2.24) is 4.31 Å². The molecule has 0 saturated carbocycles. The third kappa shape index (κ3) is 3.71. The molecule has 0 amide bonds. The minimum Gasteiger partial charge on any atom is -0.480 e. The lowest BCUT2D eigenvalue weighted by molar-refractivity contribution is -0.138. The Balaban J connectivity index is 3.44. The maximum absolute atomic E-state index is 12.7. The highest BCUT2D eigenvalue weighted by Gasteiger charge is 2.36. The van der Waals surface area contributed by atoms with Gasteiger partial charge in [-0.3, -0.25) is 4.79 Å². The molecule has 0 bridgehead atoms. The Bertz CT molecular complexity index is 620. The molecule has 20 heavy (non-hydrogen) atoms. The van der Waals surface area contributed by atoms with Crippen LogP contribution >= 0.6 is 11.6 Å². The zero-order valence-corrected chi connectivity index (χ0v) is 13.4. The van der Waals surface area contributed by atoms with Crippen molar-refractivity contribution in [2.75, 3.05) is 6.54 Å². The number of aliphatic carboxylic acids is 1. The van der Waals surface area contributed by atoms with Gasteiger partial charge in [0, 0.05) is 10.6 Å². The van der Waals surface area contributed by atoms with Crippen LogP contribution in [0.2, 0.25) is 5.02 Å². The van der Waals surface area contributed by atoms with Gasteiger partial charge >= 0.3 is 5.97 Å². The number of sulfonamides is 1. The Morgan fingerprint density at radius 3 is 2.35 bits per heavy atom. The number of rotatable bonds is 4. The topological polar surface area (TPSA) is 74.7 Å². The largest absolute Gasteiger partial charge is 0.480 e. The van der Waals surface area contributed by atoms with Crippen molar-refractivity contribution in [2.45, 2.75) is 38.1 Å². The molecule has 112 valence electrons. The van der Waals surface area contributed by atoms with E-state index in [1.165, 1.54) is 6.07 Å². The van der Waals surface area contributed by atoms with E-state index in [0.717, 1.165) is 4.31 Å². The van der Waals surface area contributed by atoms with Gasteiger partial charge in [0.1, 0.15) is 6.54 Å². The lowest BCUT2D eigenvalue weighted by atomic mass is 10.1. The van der Waals surface area contributed by atoms with E-state index < -0.39 is 28.1 Å². The van der Waals surface area contributed by atoms with Gasteiger partial charge in [-0.2, -0.15) is 4.31 Å². The molecule has 0 unspecified atom stereocenters. The molecule has 0 aromatic heterocycles. The second kappa shape index (κ2) is 5.71. The van der Waals surface area contributed by atoms with Crippen LogP contribution in [0.25, 0.3) is 0 Å². The summed E-state index contributed by atoms with van der Waals surface area (Å²) in [5, 5.41) is 9.24. The summed E-state index contributed by atoms with van der Waals surface area (Å²) in [6.45, 7) is 5.98. The molecule has 0 saturated heterocycles. The van der Waals surface area contributed by atoms with Crippen LogP contribution < -0.4 is 0 Å². The fourth-order valence-electron chi connectivity index (χ4n) is 1.78. The van der Waals surface area contributed by atoms with Gasteiger partial charge in [-0.15, -0.1) is 0 Å². The molecule has 1 aromatic carbocycles. The third-order valence-electron chi connectivity index (χ3n) is 2.75. The first-order valence-electron chi connectivity index (χ1n) is 5.97. The van der Waals surface area contributed by atoms with Crippen LogP contribution in [0.15, 0.2) is 23.1 Å². The zero-order chi connectivity index (χ0) is 15.7. The molecule has 0 fully saturated rings. The lowest BCUT2D eigenvalue weighted by Crippen LogP contribution is -2.48. The molecule has 0 aliphatic rings. The molecule has 1 aromatic rings. The molecular weight excluding hydrogens is 302 g/mol. The Labute approximate surface area is 124 Å².